The normalized spacial score (nSPS) is 14.8. The van der Waals surface area contributed by atoms with Gasteiger partial charge >= 0.3 is 0 Å². The molecule has 18 heavy (non-hydrogen) atoms. The Hall–Kier alpha value is -1.63. The van der Waals surface area contributed by atoms with Crippen LogP contribution in [0.5, 0.6) is 0 Å². The third-order valence-electron chi connectivity index (χ3n) is 2.82. The molecule has 2 unspecified atom stereocenters. The summed E-state index contributed by atoms with van der Waals surface area (Å²) in [5, 5.41) is 22.8. The molecule has 2 aromatic rings. The van der Waals surface area contributed by atoms with Gasteiger partial charge in [0.1, 0.15) is 11.6 Å². The van der Waals surface area contributed by atoms with Gasteiger partial charge in [0.2, 0.25) is 0 Å². The second-order valence-corrected chi connectivity index (χ2v) is 4.18. The molecule has 0 radical (unpaired) electrons. The summed E-state index contributed by atoms with van der Waals surface area (Å²) in [4.78, 5) is 3.98. The predicted octanol–water partition coefficient (Wildman–Crippen LogP) is 0.414. The number of benzene rings is 1. The minimum Gasteiger partial charge on any atom is -0.424 e. The molecule has 1 heterocycles. The van der Waals surface area contributed by atoms with Gasteiger partial charge in [0, 0.05) is 0 Å². The maximum absolute atomic E-state index is 10.0. The number of fused-ring (bicyclic) bond motifs is 1. The van der Waals surface area contributed by atoms with Crippen molar-refractivity contribution >= 4 is 17.1 Å². The van der Waals surface area contributed by atoms with Gasteiger partial charge in [0.05, 0.1) is 6.10 Å². The number of nitrogens with two attached hydrogens (primary N) is 1. The van der Waals surface area contributed by atoms with E-state index < -0.39 is 12.2 Å². The Labute approximate surface area is 104 Å². The summed E-state index contributed by atoms with van der Waals surface area (Å²) in [5.74, 6) is 0. The molecule has 1 aromatic carbocycles. The predicted molar refractivity (Wildman–Crippen MR) is 67.9 cm³/mol. The topological polar surface area (TPSA) is 105 Å². The third-order valence-corrected chi connectivity index (χ3v) is 2.82. The van der Waals surface area contributed by atoms with Crippen molar-refractivity contribution in [2.75, 3.05) is 19.3 Å². The highest BCUT2D eigenvalue weighted by molar-refractivity contribution is 5.75. The Morgan fingerprint density at radius 3 is 2.94 bits per heavy atom. The quantitative estimate of drug-likeness (QED) is 0.613. The molecule has 5 N–H and O–H groups in total. The molecule has 0 bridgehead atoms. The van der Waals surface area contributed by atoms with Gasteiger partial charge in [-0.15, -0.1) is 0 Å². The Morgan fingerprint density at radius 2 is 2.22 bits per heavy atom. The van der Waals surface area contributed by atoms with Crippen molar-refractivity contribution in [2.45, 2.75) is 18.6 Å². The molecule has 2 rings (SSSR count). The van der Waals surface area contributed by atoms with Crippen LogP contribution in [0.25, 0.3) is 11.1 Å². The fourth-order valence-corrected chi connectivity index (χ4v) is 1.82. The molecule has 0 aliphatic heterocycles. The van der Waals surface area contributed by atoms with Gasteiger partial charge in [0.15, 0.2) is 5.58 Å². The summed E-state index contributed by atoms with van der Waals surface area (Å²) >= 11 is 0. The molecule has 1 aromatic heterocycles. The fourth-order valence-electron chi connectivity index (χ4n) is 1.82. The van der Waals surface area contributed by atoms with Crippen LogP contribution in [0, 0.1) is 0 Å². The number of hydrogen-bond acceptors (Lipinski definition) is 6. The lowest BCUT2D eigenvalue weighted by molar-refractivity contribution is 0.0141. The zero-order chi connectivity index (χ0) is 13.1. The molecule has 0 spiro atoms. The van der Waals surface area contributed by atoms with Gasteiger partial charge in [0.25, 0.3) is 6.01 Å². The number of hydrogen-bond donors (Lipinski definition) is 4. The van der Waals surface area contributed by atoms with E-state index in [4.69, 9.17) is 10.2 Å². The minimum absolute atomic E-state index is 0.0902. The number of nitrogens with zero attached hydrogens (tertiary/aromatic N) is 1. The van der Waals surface area contributed by atoms with Crippen LogP contribution in [0.15, 0.2) is 22.6 Å². The second-order valence-electron chi connectivity index (χ2n) is 4.18. The molecule has 6 heteroatoms. The van der Waals surface area contributed by atoms with E-state index in [2.05, 4.69) is 10.3 Å². The van der Waals surface area contributed by atoms with Crippen LogP contribution in [0.3, 0.4) is 0 Å². The molecule has 0 saturated heterocycles. The summed E-state index contributed by atoms with van der Waals surface area (Å²) in [5.41, 5.74) is 7.18. The highest BCUT2D eigenvalue weighted by Gasteiger charge is 2.18. The van der Waals surface area contributed by atoms with Crippen LogP contribution in [0.1, 0.15) is 18.1 Å². The largest absolute Gasteiger partial charge is 0.424 e. The Bertz CT molecular complexity index is 526. The minimum atomic E-state index is -0.944. The van der Waals surface area contributed by atoms with Crippen LogP contribution in [-0.4, -0.2) is 34.9 Å². The SMILES string of the molecule is CNCCC(O)C(O)c1ccc2oc(N)nc2c1. The molecular weight excluding hydrogens is 234 g/mol. The van der Waals surface area contributed by atoms with E-state index in [0.29, 0.717) is 29.6 Å². The highest BCUT2D eigenvalue weighted by atomic mass is 16.4. The van der Waals surface area contributed by atoms with E-state index in [1.165, 1.54) is 0 Å². The van der Waals surface area contributed by atoms with Crippen LogP contribution < -0.4 is 11.1 Å². The number of anilines is 1. The molecule has 0 fully saturated rings. The van der Waals surface area contributed by atoms with Gasteiger partial charge < -0.3 is 25.7 Å². The van der Waals surface area contributed by atoms with Gasteiger partial charge in [-0.05, 0) is 37.7 Å². The van der Waals surface area contributed by atoms with Crippen LogP contribution in [0.2, 0.25) is 0 Å². The number of nitrogen functional groups attached to an aromatic ring is 1. The number of nitrogens with one attached hydrogen (secondary N) is 1. The fraction of sp³-hybridized carbons (Fsp3) is 0.417. The molecule has 0 saturated carbocycles. The van der Waals surface area contributed by atoms with Gasteiger partial charge in [-0.1, -0.05) is 6.07 Å². The zero-order valence-corrected chi connectivity index (χ0v) is 10.1. The molecule has 6 nitrogen and oxygen atoms in total. The van der Waals surface area contributed by atoms with Crippen molar-refractivity contribution < 1.29 is 14.6 Å². The lowest BCUT2D eigenvalue weighted by Crippen LogP contribution is -2.23. The summed E-state index contributed by atoms with van der Waals surface area (Å²) in [6, 6.07) is 5.14. The molecule has 0 aliphatic rings. The summed E-state index contributed by atoms with van der Waals surface area (Å²) in [6.07, 6.45) is -1.30. The number of aliphatic hydroxyl groups excluding tert-OH is 2. The van der Waals surface area contributed by atoms with E-state index in [1.807, 2.05) is 0 Å². The van der Waals surface area contributed by atoms with Crippen molar-refractivity contribution in [1.82, 2.24) is 10.3 Å². The Balaban J connectivity index is 2.19. The van der Waals surface area contributed by atoms with Gasteiger partial charge in [-0.25, -0.2) is 0 Å². The average molecular weight is 251 g/mol. The number of aliphatic hydroxyl groups is 2. The van der Waals surface area contributed by atoms with E-state index in [0.717, 1.165) is 0 Å². The Kier molecular flexibility index (Phi) is 3.81. The summed E-state index contributed by atoms with van der Waals surface area (Å²) in [6.45, 7) is 0.636. The lowest BCUT2D eigenvalue weighted by Gasteiger charge is -2.17. The highest BCUT2D eigenvalue weighted by Crippen LogP contribution is 2.24. The monoisotopic (exact) mass is 251 g/mol. The first kappa shape index (κ1) is 12.8. The first-order chi connectivity index (χ1) is 8.61. The van der Waals surface area contributed by atoms with Crippen LogP contribution >= 0.6 is 0 Å². The van der Waals surface area contributed by atoms with Crippen molar-refractivity contribution in [1.29, 1.82) is 0 Å². The zero-order valence-electron chi connectivity index (χ0n) is 10.1. The van der Waals surface area contributed by atoms with Crippen molar-refractivity contribution in [3.8, 4) is 0 Å². The number of oxazole rings is 1. The standard InChI is InChI=1S/C12H17N3O3/c1-14-5-4-9(16)11(17)7-2-3-10-8(6-7)15-12(13)18-10/h2-3,6,9,11,14,16-17H,4-5H2,1H3,(H2,13,15). The smallest absolute Gasteiger partial charge is 0.292 e. The summed E-state index contributed by atoms with van der Waals surface area (Å²) in [7, 11) is 1.79. The van der Waals surface area contributed by atoms with Crippen LogP contribution in [-0.2, 0) is 0 Å². The maximum atomic E-state index is 10.0. The third kappa shape index (κ3) is 2.61. The van der Waals surface area contributed by atoms with Crippen molar-refractivity contribution in [2.24, 2.45) is 0 Å². The van der Waals surface area contributed by atoms with Gasteiger partial charge in [-0.3, -0.25) is 0 Å². The first-order valence-corrected chi connectivity index (χ1v) is 5.78. The van der Waals surface area contributed by atoms with Gasteiger partial charge in [-0.2, -0.15) is 4.98 Å². The average Bonchev–Trinajstić information content (AvgIpc) is 2.73. The first-order valence-electron chi connectivity index (χ1n) is 5.78. The van der Waals surface area contributed by atoms with Crippen molar-refractivity contribution in [3.05, 3.63) is 23.8 Å². The van der Waals surface area contributed by atoms with Crippen molar-refractivity contribution in [3.63, 3.8) is 0 Å². The van der Waals surface area contributed by atoms with Crippen LogP contribution in [0.4, 0.5) is 6.01 Å². The molecular formula is C12H17N3O3. The maximum Gasteiger partial charge on any atom is 0.292 e. The second kappa shape index (κ2) is 5.34. The Morgan fingerprint density at radius 1 is 1.44 bits per heavy atom. The van der Waals surface area contributed by atoms with E-state index in [-0.39, 0.29) is 6.01 Å². The molecule has 2 atom stereocenters. The molecule has 98 valence electrons. The van der Waals surface area contributed by atoms with E-state index in [1.54, 1.807) is 25.2 Å². The number of aromatic nitrogens is 1. The molecule has 0 aliphatic carbocycles. The number of rotatable bonds is 5. The van der Waals surface area contributed by atoms with E-state index in [9.17, 15) is 10.2 Å². The lowest BCUT2D eigenvalue weighted by atomic mass is 10.0. The van der Waals surface area contributed by atoms with E-state index >= 15 is 0 Å². The summed E-state index contributed by atoms with van der Waals surface area (Å²) < 4.78 is 5.14. The molecule has 0 amide bonds.